The van der Waals surface area contributed by atoms with Crippen molar-refractivity contribution in [1.29, 1.82) is 0 Å². The molecule has 0 radical (unpaired) electrons. The van der Waals surface area contributed by atoms with Crippen LogP contribution in [0.25, 0.3) is 0 Å². The molecule has 2 heterocycles. The third-order valence-electron chi connectivity index (χ3n) is 7.66. The molecule has 4 rings (SSSR count). The molecular formula is C32H56N8O6. The third-order valence-corrected chi connectivity index (χ3v) is 7.66. The summed E-state index contributed by atoms with van der Waals surface area (Å²) in [6, 6.07) is 0.484. The van der Waals surface area contributed by atoms with Crippen molar-refractivity contribution in [1.82, 2.24) is 42.0 Å². The Morgan fingerprint density at radius 2 is 0.957 bits per heavy atom. The van der Waals surface area contributed by atoms with Gasteiger partial charge in [-0.05, 0) is 92.9 Å². The molecule has 2 aliphatic carbocycles. The highest BCUT2D eigenvalue weighted by molar-refractivity contribution is 5.67. The van der Waals surface area contributed by atoms with Gasteiger partial charge in [-0.3, -0.25) is 10.9 Å². The minimum Gasteiger partial charge on any atom is -0.443 e. The SMILES string of the molecule is CC(C)c1noc(C2CCC(NNC(=O)OC(C)(C)C)CC2)n1.CC(C)c1noc(C2CCC(NNC(=O)OC(C)(C)C)CC2)n1. The predicted molar refractivity (Wildman–Crippen MR) is 172 cm³/mol. The van der Waals surface area contributed by atoms with Crippen LogP contribution in [0.5, 0.6) is 0 Å². The lowest BCUT2D eigenvalue weighted by atomic mass is 9.86. The van der Waals surface area contributed by atoms with Gasteiger partial charge < -0.3 is 18.5 Å². The quantitative estimate of drug-likeness (QED) is 0.229. The normalized spacial score (nSPS) is 22.2. The van der Waals surface area contributed by atoms with E-state index in [-0.39, 0.29) is 23.9 Å². The standard InChI is InChI=1S/2C16H28N4O3/c2*1-10(2)13-17-14(23-20-13)11-6-8-12(9-7-11)18-19-15(21)22-16(3,4)5/h2*10-12,18H,6-9H2,1-5H3,(H,19,21). The van der Waals surface area contributed by atoms with Crippen LogP contribution in [0.4, 0.5) is 9.59 Å². The van der Waals surface area contributed by atoms with Crippen LogP contribution in [0, 0.1) is 0 Å². The lowest BCUT2D eigenvalue weighted by Gasteiger charge is -2.28. The maximum Gasteiger partial charge on any atom is 0.422 e. The largest absolute Gasteiger partial charge is 0.443 e. The van der Waals surface area contributed by atoms with Crippen LogP contribution in [-0.2, 0) is 9.47 Å². The molecule has 2 saturated carbocycles. The molecule has 2 aromatic rings. The average Bonchev–Trinajstić information content (AvgIpc) is 3.66. The van der Waals surface area contributed by atoms with E-state index in [0.717, 1.165) is 74.8 Å². The summed E-state index contributed by atoms with van der Waals surface area (Å²) in [4.78, 5) is 32.2. The Kier molecular flexibility index (Phi) is 13.4. The van der Waals surface area contributed by atoms with Gasteiger partial charge in [0.1, 0.15) is 11.2 Å². The first-order valence-electron chi connectivity index (χ1n) is 16.6. The minimum atomic E-state index is -0.491. The summed E-state index contributed by atoms with van der Waals surface area (Å²) >= 11 is 0. The molecule has 14 nitrogen and oxygen atoms in total. The maximum atomic E-state index is 11.6. The van der Waals surface area contributed by atoms with E-state index < -0.39 is 23.4 Å². The number of rotatable bonds is 8. The zero-order chi connectivity index (χ0) is 34.1. The van der Waals surface area contributed by atoms with E-state index in [0.29, 0.717) is 11.8 Å². The number of hydrazine groups is 2. The van der Waals surface area contributed by atoms with Crippen LogP contribution in [-0.4, -0.2) is 55.8 Å². The summed E-state index contributed by atoms with van der Waals surface area (Å²) in [5.41, 5.74) is 10.4. The zero-order valence-electron chi connectivity index (χ0n) is 29.4. The maximum absolute atomic E-state index is 11.6. The van der Waals surface area contributed by atoms with Crippen molar-refractivity contribution in [3.8, 4) is 0 Å². The monoisotopic (exact) mass is 648 g/mol. The summed E-state index contributed by atoms with van der Waals surface area (Å²) < 4.78 is 21.2. The van der Waals surface area contributed by atoms with Gasteiger partial charge >= 0.3 is 12.2 Å². The molecule has 2 fully saturated rings. The number of amides is 2. The summed E-state index contributed by atoms with van der Waals surface area (Å²) in [6.07, 6.45) is 6.75. The van der Waals surface area contributed by atoms with Gasteiger partial charge in [-0.15, -0.1) is 0 Å². The molecule has 2 amide bonds. The second kappa shape index (κ2) is 16.5. The molecule has 0 aromatic carbocycles. The number of carbonyl (C=O) groups is 2. The van der Waals surface area contributed by atoms with Crippen molar-refractivity contribution in [3.05, 3.63) is 23.4 Å². The van der Waals surface area contributed by atoms with Crippen LogP contribution in [0.2, 0.25) is 0 Å². The number of ether oxygens (including phenoxy) is 2. The zero-order valence-corrected chi connectivity index (χ0v) is 29.4. The van der Waals surface area contributed by atoms with Crippen LogP contribution < -0.4 is 21.7 Å². The van der Waals surface area contributed by atoms with Gasteiger partial charge in [0.25, 0.3) is 0 Å². The van der Waals surface area contributed by atoms with Crippen molar-refractivity contribution in [2.75, 3.05) is 0 Å². The van der Waals surface area contributed by atoms with Gasteiger partial charge in [0.2, 0.25) is 11.8 Å². The van der Waals surface area contributed by atoms with Crippen molar-refractivity contribution in [3.63, 3.8) is 0 Å². The van der Waals surface area contributed by atoms with Crippen molar-refractivity contribution in [2.45, 2.75) is 168 Å². The van der Waals surface area contributed by atoms with Gasteiger partial charge in [-0.1, -0.05) is 38.0 Å². The molecule has 0 atom stereocenters. The molecule has 0 spiro atoms. The molecule has 0 saturated heterocycles. The summed E-state index contributed by atoms with van der Waals surface area (Å²) in [5, 5.41) is 8.06. The highest BCUT2D eigenvalue weighted by Crippen LogP contribution is 2.33. The molecule has 4 N–H and O–H groups in total. The Morgan fingerprint density at radius 1 is 0.630 bits per heavy atom. The Balaban J connectivity index is 0.000000250. The molecule has 46 heavy (non-hydrogen) atoms. The highest BCUT2D eigenvalue weighted by atomic mass is 16.6. The minimum absolute atomic E-state index is 0.242. The second-order valence-electron chi connectivity index (χ2n) is 14.9. The summed E-state index contributed by atoms with van der Waals surface area (Å²) in [6.45, 7) is 19.3. The fourth-order valence-electron chi connectivity index (χ4n) is 5.19. The molecule has 2 aromatic heterocycles. The smallest absolute Gasteiger partial charge is 0.422 e. The van der Waals surface area contributed by atoms with Gasteiger partial charge in [0.05, 0.1) is 0 Å². The fraction of sp³-hybridized carbons (Fsp3) is 0.812. The van der Waals surface area contributed by atoms with E-state index in [4.69, 9.17) is 18.5 Å². The molecule has 14 heteroatoms. The lowest BCUT2D eigenvalue weighted by molar-refractivity contribution is 0.0470. The van der Waals surface area contributed by atoms with Gasteiger partial charge in [0.15, 0.2) is 11.6 Å². The van der Waals surface area contributed by atoms with E-state index in [1.54, 1.807) is 0 Å². The number of hydrogen-bond donors (Lipinski definition) is 4. The van der Waals surface area contributed by atoms with E-state index in [2.05, 4.69) is 69.7 Å². The van der Waals surface area contributed by atoms with Crippen molar-refractivity contribution in [2.24, 2.45) is 0 Å². The number of nitrogens with one attached hydrogen (secondary N) is 4. The Hall–Kier alpha value is -3.26. The number of aromatic nitrogens is 4. The number of carbonyl (C=O) groups excluding carboxylic acids is 2. The molecule has 260 valence electrons. The van der Waals surface area contributed by atoms with Gasteiger partial charge in [0, 0.05) is 35.8 Å². The predicted octanol–water partition coefficient (Wildman–Crippen LogP) is 6.50. The first-order valence-corrected chi connectivity index (χ1v) is 16.6. The molecule has 0 aliphatic heterocycles. The molecular weight excluding hydrogens is 592 g/mol. The second-order valence-corrected chi connectivity index (χ2v) is 14.9. The van der Waals surface area contributed by atoms with Crippen LogP contribution in [0.3, 0.4) is 0 Å². The molecule has 0 bridgehead atoms. The lowest BCUT2D eigenvalue weighted by Crippen LogP contribution is -2.47. The Bertz CT molecular complexity index is 1120. The van der Waals surface area contributed by atoms with Crippen molar-refractivity contribution >= 4 is 12.2 Å². The van der Waals surface area contributed by atoms with Crippen LogP contribution in [0.1, 0.15) is 168 Å². The van der Waals surface area contributed by atoms with Crippen LogP contribution in [0.15, 0.2) is 9.05 Å². The molecule has 2 aliphatic rings. The number of nitrogens with zero attached hydrogens (tertiary/aromatic N) is 4. The van der Waals surface area contributed by atoms with E-state index >= 15 is 0 Å². The third kappa shape index (κ3) is 12.9. The van der Waals surface area contributed by atoms with Gasteiger partial charge in [-0.2, -0.15) is 9.97 Å². The van der Waals surface area contributed by atoms with Crippen molar-refractivity contribution < 1.29 is 28.1 Å². The Morgan fingerprint density at radius 3 is 1.22 bits per heavy atom. The summed E-state index contributed by atoms with van der Waals surface area (Å²) in [5.74, 6) is 4.22. The topological polar surface area (TPSA) is 179 Å². The number of hydrogen-bond acceptors (Lipinski definition) is 12. The van der Waals surface area contributed by atoms with Gasteiger partial charge in [-0.25, -0.2) is 20.4 Å². The van der Waals surface area contributed by atoms with E-state index in [1.165, 1.54) is 0 Å². The van der Waals surface area contributed by atoms with Crippen LogP contribution >= 0.6 is 0 Å². The summed E-state index contributed by atoms with van der Waals surface area (Å²) in [7, 11) is 0. The first-order chi connectivity index (χ1) is 21.5. The molecule has 0 unspecified atom stereocenters. The fourth-order valence-corrected chi connectivity index (χ4v) is 5.19. The average molecular weight is 649 g/mol. The Labute approximate surface area is 273 Å². The van der Waals surface area contributed by atoms with E-state index in [9.17, 15) is 9.59 Å². The highest BCUT2D eigenvalue weighted by Gasteiger charge is 2.29. The first kappa shape index (κ1) is 37.2. The van der Waals surface area contributed by atoms with E-state index in [1.807, 2.05) is 41.5 Å².